The van der Waals surface area contributed by atoms with Gasteiger partial charge in [-0.2, -0.15) is 0 Å². The number of para-hydroxylation sites is 1. The van der Waals surface area contributed by atoms with Crippen molar-refractivity contribution in [3.63, 3.8) is 0 Å². The molecule has 0 spiro atoms. The third-order valence-electron chi connectivity index (χ3n) is 2.43. The molecule has 0 aliphatic rings. The van der Waals surface area contributed by atoms with E-state index in [4.69, 9.17) is 0 Å². The summed E-state index contributed by atoms with van der Waals surface area (Å²) in [5, 5.41) is 32.6. The predicted molar refractivity (Wildman–Crippen MR) is 70.5 cm³/mol. The molecular weight excluding hydrogens is 268 g/mol. The van der Waals surface area contributed by atoms with Gasteiger partial charge >= 0.3 is 0 Å². The van der Waals surface area contributed by atoms with E-state index in [0.717, 1.165) is 11.3 Å². The summed E-state index contributed by atoms with van der Waals surface area (Å²) in [7, 11) is 0. The molecule has 2 aromatic rings. The molecule has 0 saturated carbocycles. The summed E-state index contributed by atoms with van der Waals surface area (Å²) in [4.78, 5) is 15.9. The molecule has 0 radical (unpaired) electrons. The zero-order valence-electron chi connectivity index (χ0n) is 9.99. The first-order valence-corrected chi connectivity index (χ1v) is 6.32. The van der Waals surface area contributed by atoms with Crippen molar-refractivity contribution in [3.8, 4) is 11.5 Å². The number of thiazole rings is 1. The van der Waals surface area contributed by atoms with Gasteiger partial charge in [0.1, 0.15) is 0 Å². The average molecular weight is 280 g/mol. The minimum atomic E-state index is -0.712. The minimum Gasteiger partial charge on any atom is -0.504 e. The van der Waals surface area contributed by atoms with E-state index < -0.39 is 17.8 Å². The van der Waals surface area contributed by atoms with Gasteiger partial charge in [0.05, 0.1) is 17.4 Å². The molecule has 1 heterocycles. The first-order valence-electron chi connectivity index (χ1n) is 5.45. The SMILES string of the molecule is CC(O)c1csc(NC(=O)c2cccc(O)c2O)n1. The van der Waals surface area contributed by atoms with Crippen molar-refractivity contribution < 1.29 is 20.1 Å². The van der Waals surface area contributed by atoms with Crippen LogP contribution in [0.4, 0.5) is 5.13 Å². The minimum absolute atomic E-state index is 0.0474. The summed E-state index contributed by atoms with van der Waals surface area (Å²) in [6, 6.07) is 4.11. The number of hydrogen-bond acceptors (Lipinski definition) is 6. The van der Waals surface area contributed by atoms with Crippen LogP contribution in [-0.4, -0.2) is 26.2 Å². The molecule has 0 aliphatic heterocycles. The number of phenols is 2. The standard InChI is InChI=1S/C12H12N2O4S/c1-6(15)8-5-19-12(13-8)14-11(18)7-3-2-4-9(16)10(7)17/h2-6,15-17H,1H3,(H,13,14,18). The molecule has 19 heavy (non-hydrogen) atoms. The molecule has 0 saturated heterocycles. The van der Waals surface area contributed by atoms with Crippen LogP contribution in [0.2, 0.25) is 0 Å². The molecule has 6 nitrogen and oxygen atoms in total. The van der Waals surface area contributed by atoms with Gasteiger partial charge < -0.3 is 15.3 Å². The second-order valence-electron chi connectivity index (χ2n) is 3.88. The first kappa shape index (κ1) is 13.3. The number of aromatic nitrogens is 1. The molecule has 1 amide bonds. The maximum Gasteiger partial charge on any atom is 0.261 e. The number of carbonyl (C=O) groups excluding carboxylic acids is 1. The van der Waals surface area contributed by atoms with E-state index in [-0.39, 0.29) is 11.3 Å². The van der Waals surface area contributed by atoms with Crippen molar-refractivity contribution in [2.24, 2.45) is 0 Å². The third kappa shape index (κ3) is 2.83. The number of hydrogen-bond donors (Lipinski definition) is 4. The van der Waals surface area contributed by atoms with Gasteiger partial charge in [-0.3, -0.25) is 10.1 Å². The van der Waals surface area contributed by atoms with Gasteiger partial charge in [0.15, 0.2) is 16.6 Å². The number of anilines is 1. The van der Waals surface area contributed by atoms with Gasteiger partial charge in [0.25, 0.3) is 5.91 Å². The highest BCUT2D eigenvalue weighted by Gasteiger charge is 2.16. The van der Waals surface area contributed by atoms with Crippen LogP contribution in [-0.2, 0) is 0 Å². The van der Waals surface area contributed by atoms with E-state index in [1.165, 1.54) is 18.2 Å². The van der Waals surface area contributed by atoms with Crippen LogP contribution < -0.4 is 5.32 Å². The number of aliphatic hydroxyl groups is 1. The zero-order chi connectivity index (χ0) is 14.0. The van der Waals surface area contributed by atoms with E-state index >= 15 is 0 Å². The zero-order valence-corrected chi connectivity index (χ0v) is 10.8. The summed E-state index contributed by atoms with van der Waals surface area (Å²) in [6.45, 7) is 1.57. The lowest BCUT2D eigenvalue weighted by Crippen LogP contribution is -2.12. The van der Waals surface area contributed by atoms with Crippen molar-refractivity contribution in [1.82, 2.24) is 4.98 Å². The summed E-state index contributed by atoms with van der Waals surface area (Å²) >= 11 is 1.16. The molecule has 7 heteroatoms. The Bertz CT molecular complexity index is 610. The van der Waals surface area contributed by atoms with Crippen LogP contribution in [0.15, 0.2) is 23.6 Å². The smallest absolute Gasteiger partial charge is 0.261 e. The highest BCUT2D eigenvalue weighted by atomic mass is 32.1. The molecule has 2 rings (SSSR count). The molecule has 0 fully saturated rings. The normalized spacial score (nSPS) is 12.1. The fourth-order valence-electron chi connectivity index (χ4n) is 1.41. The quantitative estimate of drug-likeness (QED) is 0.643. The molecule has 1 atom stereocenters. The molecule has 100 valence electrons. The van der Waals surface area contributed by atoms with Gasteiger partial charge in [0, 0.05) is 5.38 Å². The largest absolute Gasteiger partial charge is 0.504 e. The lowest BCUT2D eigenvalue weighted by Gasteiger charge is -2.05. The molecule has 4 N–H and O–H groups in total. The lowest BCUT2D eigenvalue weighted by atomic mass is 10.2. The van der Waals surface area contributed by atoms with Crippen molar-refractivity contribution >= 4 is 22.4 Å². The molecule has 1 aromatic heterocycles. The monoisotopic (exact) mass is 280 g/mol. The van der Waals surface area contributed by atoms with Crippen LogP contribution in [0.3, 0.4) is 0 Å². The second-order valence-corrected chi connectivity index (χ2v) is 4.74. The van der Waals surface area contributed by atoms with Gasteiger partial charge in [-0.05, 0) is 19.1 Å². The van der Waals surface area contributed by atoms with Gasteiger partial charge in [-0.25, -0.2) is 4.98 Å². The molecule has 0 bridgehead atoms. The van der Waals surface area contributed by atoms with Crippen molar-refractivity contribution in [3.05, 3.63) is 34.8 Å². The van der Waals surface area contributed by atoms with Crippen LogP contribution in [0.1, 0.15) is 29.1 Å². The highest BCUT2D eigenvalue weighted by Crippen LogP contribution is 2.29. The number of amides is 1. The summed E-state index contributed by atoms with van der Waals surface area (Å²) in [5.41, 5.74) is 0.411. The van der Waals surface area contributed by atoms with E-state index in [9.17, 15) is 20.1 Å². The maximum absolute atomic E-state index is 11.9. The van der Waals surface area contributed by atoms with E-state index in [1.807, 2.05) is 0 Å². The number of benzene rings is 1. The van der Waals surface area contributed by atoms with E-state index in [0.29, 0.717) is 10.8 Å². The van der Waals surface area contributed by atoms with Gasteiger partial charge in [-0.1, -0.05) is 6.07 Å². The number of carbonyl (C=O) groups is 1. The van der Waals surface area contributed by atoms with Crippen LogP contribution in [0.5, 0.6) is 11.5 Å². The van der Waals surface area contributed by atoms with Crippen LogP contribution in [0, 0.1) is 0 Å². The van der Waals surface area contributed by atoms with Crippen LogP contribution >= 0.6 is 11.3 Å². The number of nitrogens with zero attached hydrogens (tertiary/aromatic N) is 1. The highest BCUT2D eigenvalue weighted by molar-refractivity contribution is 7.14. The Kier molecular flexibility index (Phi) is 3.68. The van der Waals surface area contributed by atoms with Gasteiger partial charge in [-0.15, -0.1) is 11.3 Å². The number of aliphatic hydroxyl groups excluding tert-OH is 1. The number of rotatable bonds is 3. The summed E-state index contributed by atoms with van der Waals surface area (Å²) < 4.78 is 0. The third-order valence-corrected chi connectivity index (χ3v) is 3.21. The Morgan fingerprint density at radius 2 is 2.16 bits per heavy atom. The van der Waals surface area contributed by atoms with Crippen molar-refractivity contribution in [2.75, 3.05) is 5.32 Å². The van der Waals surface area contributed by atoms with Crippen molar-refractivity contribution in [1.29, 1.82) is 0 Å². The van der Waals surface area contributed by atoms with Crippen molar-refractivity contribution in [2.45, 2.75) is 13.0 Å². The van der Waals surface area contributed by atoms with Crippen LogP contribution in [0.25, 0.3) is 0 Å². The Hall–Kier alpha value is -2.12. The number of aromatic hydroxyl groups is 2. The number of phenolic OH excluding ortho intramolecular Hbond substituents is 2. The molecule has 1 unspecified atom stereocenters. The Labute approximate surface area is 113 Å². The second kappa shape index (κ2) is 5.25. The van der Waals surface area contributed by atoms with E-state index in [1.54, 1.807) is 12.3 Å². The summed E-state index contributed by atoms with van der Waals surface area (Å²) in [6.07, 6.45) is -0.712. The first-order chi connectivity index (χ1) is 8.99. The Morgan fingerprint density at radius 3 is 2.79 bits per heavy atom. The molecule has 1 aromatic carbocycles. The Balaban J connectivity index is 2.18. The Morgan fingerprint density at radius 1 is 1.42 bits per heavy atom. The fraction of sp³-hybridized carbons (Fsp3) is 0.167. The fourth-order valence-corrected chi connectivity index (χ4v) is 2.21. The topological polar surface area (TPSA) is 103 Å². The lowest BCUT2D eigenvalue weighted by molar-refractivity contribution is 0.102. The summed E-state index contributed by atoms with van der Waals surface area (Å²) in [5.74, 6) is -1.43. The van der Waals surface area contributed by atoms with Gasteiger partial charge in [0.2, 0.25) is 0 Å². The predicted octanol–water partition coefficient (Wildman–Crippen LogP) is 1.86. The maximum atomic E-state index is 11.9. The molecular formula is C12H12N2O4S. The average Bonchev–Trinajstić information content (AvgIpc) is 2.81. The molecule has 0 aliphatic carbocycles. The van der Waals surface area contributed by atoms with E-state index in [2.05, 4.69) is 10.3 Å². The number of nitrogens with one attached hydrogen (secondary N) is 1.